The summed E-state index contributed by atoms with van der Waals surface area (Å²) in [6.45, 7) is 3.08. The lowest BCUT2D eigenvalue weighted by Crippen LogP contribution is -2.32. The van der Waals surface area contributed by atoms with E-state index in [-0.39, 0.29) is 23.5 Å². The maximum Gasteiger partial charge on any atom is 0.262 e. The van der Waals surface area contributed by atoms with Gasteiger partial charge in [0.1, 0.15) is 0 Å². The van der Waals surface area contributed by atoms with Gasteiger partial charge < -0.3 is 19.9 Å². The van der Waals surface area contributed by atoms with Crippen LogP contribution in [0, 0.1) is 4.77 Å². The summed E-state index contributed by atoms with van der Waals surface area (Å²) in [6, 6.07) is 4.97. The summed E-state index contributed by atoms with van der Waals surface area (Å²) < 4.78 is 7.36. The van der Waals surface area contributed by atoms with Gasteiger partial charge in [0.15, 0.2) is 4.77 Å². The SMILES string of the molecule is O=C(NCC1CCCO1)c1ccc2c(=O)n(CCCN3CCCC3=O)c(=S)[nH]c2c1. The van der Waals surface area contributed by atoms with Gasteiger partial charge in [-0.25, -0.2) is 0 Å². The highest BCUT2D eigenvalue weighted by Crippen LogP contribution is 2.14. The fourth-order valence-electron chi connectivity index (χ4n) is 4.07. The van der Waals surface area contributed by atoms with Crippen LogP contribution in [0.5, 0.6) is 0 Å². The van der Waals surface area contributed by atoms with E-state index in [1.807, 2.05) is 4.90 Å². The Kier molecular flexibility index (Phi) is 6.29. The number of hydrogen-bond acceptors (Lipinski definition) is 5. The molecule has 2 N–H and O–H groups in total. The molecule has 160 valence electrons. The number of ether oxygens (including phenoxy) is 1. The number of hydrogen-bond donors (Lipinski definition) is 2. The van der Waals surface area contributed by atoms with Gasteiger partial charge in [0.25, 0.3) is 11.5 Å². The summed E-state index contributed by atoms with van der Waals surface area (Å²) >= 11 is 5.38. The molecular formula is C21H26N4O4S. The molecule has 2 aliphatic heterocycles. The molecule has 9 heteroatoms. The van der Waals surface area contributed by atoms with Crippen LogP contribution in [0.25, 0.3) is 10.9 Å². The Morgan fingerprint density at radius 3 is 2.87 bits per heavy atom. The van der Waals surface area contributed by atoms with Crippen LogP contribution < -0.4 is 10.9 Å². The van der Waals surface area contributed by atoms with Gasteiger partial charge in [-0.1, -0.05) is 0 Å². The maximum absolute atomic E-state index is 12.9. The van der Waals surface area contributed by atoms with Crippen molar-refractivity contribution in [2.24, 2.45) is 0 Å². The third kappa shape index (κ3) is 4.46. The van der Waals surface area contributed by atoms with Crippen LogP contribution in [-0.4, -0.2) is 58.6 Å². The minimum Gasteiger partial charge on any atom is -0.376 e. The number of H-pyrrole nitrogens is 1. The number of carbonyl (C=O) groups is 2. The predicted molar refractivity (Wildman–Crippen MR) is 115 cm³/mol. The molecule has 2 saturated heterocycles. The Bertz CT molecular complexity index is 1070. The van der Waals surface area contributed by atoms with Crippen molar-refractivity contribution in [3.63, 3.8) is 0 Å². The van der Waals surface area contributed by atoms with E-state index in [1.54, 1.807) is 18.2 Å². The molecule has 1 unspecified atom stereocenters. The second-order valence-corrected chi connectivity index (χ2v) is 8.22. The molecule has 2 aliphatic rings. The van der Waals surface area contributed by atoms with Gasteiger partial charge in [-0.2, -0.15) is 0 Å². The Morgan fingerprint density at radius 2 is 2.13 bits per heavy atom. The summed E-state index contributed by atoms with van der Waals surface area (Å²) in [7, 11) is 0. The molecule has 8 nitrogen and oxygen atoms in total. The molecule has 0 spiro atoms. The first-order chi connectivity index (χ1) is 14.5. The van der Waals surface area contributed by atoms with E-state index in [1.165, 1.54) is 4.57 Å². The average molecular weight is 431 g/mol. The van der Waals surface area contributed by atoms with Gasteiger partial charge in [0.05, 0.1) is 17.0 Å². The number of likely N-dealkylation sites (tertiary alicyclic amines) is 1. The minimum absolute atomic E-state index is 0.0725. The average Bonchev–Trinajstić information content (AvgIpc) is 3.40. The molecule has 1 aromatic heterocycles. The van der Waals surface area contributed by atoms with Crippen molar-refractivity contribution in [3.8, 4) is 0 Å². The van der Waals surface area contributed by atoms with Crippen LogP contribution in [0.3, 0.4) is 0 Å². The first-order valence-electron chi connectivity index (χ1n) is 10.5. The molecule has 2 amide bonds. The maximum atomic E-state index is 12.9. The van der Waals surface area contributed by atoms with Gasteiger partial charge in [0, 0.05) is 44.8 Å². The van der Waals surface area contributed by atoms with Crippen LogP contribution in [0.4, 0.5) is 0 Å². The van der Waals surface area contributed by atoms with Gasteiger partial charge in [-0.05, 0) is 56.1 Å². The van der Waals surface area contributed by atoms with Crippen LogP contribution in [0.2, 0.25) is 0 Å². The summed E-state index contributed by atoms with van der Waals surface area (Å²) in [5.41, 5.74) is 0.824. The quantitative estimate of drug-likeness (QED) is 0.655. The molecule has 3 heterocycles. The number of benzene rings is 1. The monoisotopic (exact) mass is 430 g/mol. The zero-order valence-electron chi connectivity index (χ0n) is 16.8. The lowest BCUT2D eigenvalue weighted by molar-refractivity contribution is -0.127. The predicted octanol–water partition coefficient (Wildman–Crippen LogP) is 1.98. The van der Waals surface area contributed by atoms with Gasteiger partial charge >= 0.3 is 0 Å². The minimum atomic E-state index is -0.203. The molecule has 0 bridgehead atoms. The lowest BCUT2D eigenvalue weighted by atomic mass is 10.1. The molecule has 2 aromatic rings. The van der Waals surface area contributed by atoms with Crippen molar-refractivity contribution < 1.29 is 14.3 Å². The van der Waals surface area contributed by atoms with Gasteiger partial charge in [-0.3, -0.25) is 19.0 Å². The number of aromatic amines is 1. The number of aromatic nitrogens is 2. The van der Waals surface area contributed by atoms with E-state index < -0.39 is 0 Å². The molecule has 1 atom stereocenters. The highest BCUT2D eigenvalue weighted by molar-refractivity contribution is 7.71. The first kappa shape index (κ1) is 20.7. The zero-order chi connectivity index (χ0) is 21.1. The number of nitrogens with zero attached hydrogens (tertiary/aromatic N) is 2. The third-order valence-corrected chi connectivity index (χ3v) is 6.06. The van der Waals surface area contributed by atoms with Crippen LogP contribution in [-0.2, 0) is 16.1 Å². The fourth-order valence-corrected chi connectivity index (χ4v) is 4.36. The van der Waals surface area contributed by atoms with E-state index in [9.17, 15) is 14.4 Å². The molecule has 4 rings (SSSR count). The summed E-state index contributed by atoms with van der Waals surface area (Å²) in [6.07, 6.45) is 4.23. The van der Waals surface area contributed by atoms with Crippen molar-refractivity contribution in [2.45, 2.75) is 44.8 Å². The fraction of sp³-hybridized carbons (Fsp3) is 0.524. The van der Waals surface area contributed by atoms with Crippen molar-refractivity contribution >= 4 is 34.9 Å². The molecule has 1 aromatic carbocycles. The van der Waals surface area contributed by atoms with Crippen molar-refractivity contribution in [1.82, 2.24) is 19.8 Å². The standard InChI is InChI=1S/C21H26N4O4S/c26-18-5-1-8-24(18)9-3-10-25-20(28)16-7-6-14(12-17(16)23-21(25)30)19(27)22-13-15-4-2-11-29-15/h6-7,12,15H,1-5,8-11,13H2,(H,22,27)(H,23,30). The van der Waals surface area contributed by atoms with Crippen molar-refractivity contribution in [1.29, 1.82) is 0 Å². The van der Waals surface area contributed by atoms with Gasteiger partial charge in [0.2, 0.25) is 5.91 Å². The van der Waals surface area contributed by atoms with Crippen molar-refractivity contribution in [3.05, 3.63) is 38.9 Å². The number of rotatable bonds is 7. The molecule has 30 heavy (non-hydrogen) atoms. The number of nitrogens with one attached hydrogen (secondary N) is 2. The van der Waals surface area contributed by atoms with E-state index in [2.05, 4.69) is 10.3 Å². The van der Waals surface area contributed by atoms with Crippen LogP contribution in [0.15, 0.2) is 23.0 Å². The van der Waals surface area contributed by atoms with Gasteiger partial charge in [-0.15, -0.1) is 0 Å². The van der Waals surface area contributed by atoms with Crippen molar-refractivity contribution in [2.75, 3.05) is 26.2 Å². The molecular weight excluding hydrogens is 404 g/mol. The van der Waals surface area contributed by atoms with E-state index in [0.717, 1.165) is 32.4 Å². The Hall–Kier alpha value is -2.52. The Balaban J connectivity index is 1.46. The van der Waals surface area contributed by atoms with E-state index in [0.29, 0.717) is 53.7 Å². The second kappa shape index (κ2) is 9.09. The molecule has 0 saturated carbocycles. The highest BCUT2D eigenvalue weighted by atomic mass is 32.1. The number of carbonyl (C=O) groups excluding carboxylic acids is 2. The highest BCUT2D eigenvalue weighted by Gasteiger charge is 2.20. The Morgan fingerprint density at radius 1 is 1.27 bits per heavy atom. The number of amides is 2. The smallest absolute Gasteiger partial charge is 0.262 e. The van der Waals surface area contributed by atoms with Crippen LogP contribution >= 0.6 is 12.2 Å². The largest absolute Gasteiger partial charge is 0.376 e. The van der Waals surface area contributed by atoms with Crippen LogP contribution in [0.1, 0.15) is 42.5 Å². The molecule has 2 fully saturated rings. The lowest BCUT2D eigenvalue weighted by Gasteiger charge is -2.16. The topological polar surface area (TPSA) is 96.4 Å². The summed E-state index contributed by atoms with van der Waals surface area (Å²) in [5.74, 6) is -0.0255. The molecule has 0 aliphatic carbocycles. The normalized spacial score (nSPS) is 19.0. The van der Waals surface area contributed by atoms with E-state index >= 15 is 0 Å². The third-order valence-electron chi connectivity index (χ3n) is 5.74. The zero-order valence-corrected chi connectivity index (χ0v) is 17.6. The molecule has 0 radical (unpaired) electrons. The second-order valence-electron chi connectivity index (χ2n) is 7.83. The first-order valence-corrected chi connectivity index (χ1v) is 10.9. The summed E-state index contributed by atoms with van der Waals surface area (Å²) in [4.78, 5) is 42.0. The number of fused-ring (bicyclic) bond motifs is 1. The van der Waals surface area contributed by atoms with E-state index in [4.69, 9.17) is 17.0 Å². The summed E-state index contributed by atoms with van der Waals surface area (Å²) in [5, 5.41) is 3.37. The Labute approximate surface area is 179 Å².